The highest BCUT2D eigenvalue weighted by molar-refractivity contribution is 7.92. The number of aromatic nitrogens is 4. The molecule has 0 aliphatic heterocycles. The molecule has 0 bridgehead atoms. The lowest BCUT2D eigenvalue weighted by atomic mass is 10.1. The van der Waals surface area contributed by atoms with E-state index in [1.54, 1.807) is 6.20 Å². The fraction of sp³-hybridized carbons (Fsp3) is 0.280. The molecule has 0 radical (unpaired) electrons. The topological polar surface area (TPSA) is 129 Å². The van der Waals surface area contributed by atoms with E-state index in [1.165, 1.54) is 0 Å². The minimum atomic E-state index is -1.10. The van der Waals surface area contributed by atoms with Crippen LogP contribution in [0.3, 0.4) is 0 Å². The third kappa shape index (κ3) is 5.85. The van der Waals surface area contributed by atoms with Crippen molar-refractivity contribution >= 4 is 17.0 Å². The second-order valence-corrected chi connectivity index (χ2v) is 10.4. The molecule has 10 heteroatoms. The Labute approximate surface area is 208 Å². The van der Waals surface area contributed by atoms with Crippen molar-refractivity contribution in [2.75, 3.05) is 33.4 Å². The Balaban J connectivity index is 1.56. The van der Waals surface area contributed by atoms with Crippen LogP contribution in [0.4, 0.5) is 5.82 Å². The predicted molar refractivity (Wildman–Crippen MR) is 138 cm³/mol. The summed E-state index contributed by atoms with van der Waals surface area (Å²) in [7, 11) is 5.85. The second kappa shape index (κ2) is 11.0. The first kappa shape index (κ1) is 24.8. The van der Waals surface area contributed by atoms with Crippen LogP contribution in [0.15, 0.2) is 64.0 Å². The van der Waals surface area contributed by atoms with Gasteiger partial charge in [0, 0.05) is 24.2 Å². The van der Waals surface area contributed by atoms with Gasteiger partial charge in [0.25, 0.3) is 5.89 Å². The smallest absolute Gasteiger partial charge is 0.270 e. The summed E-state index contributed by atoms with van der Waals surface area (Å²) < 4.78 is 18.7. The zero-order valence-electron chi connectivity index (χ0n) is 20.2. The first-order valence-corrected chi connectivity index (χ1v) is 12.4. The molecule has 9 nitrogen and oxygen atoms in total. The molecule has 0 aliphatic rings. The van der Waals surface area contributed by atoms with E-state index in [0.717, 1.165) is 34.7 Å². The van der Waals surface area contributed by atoms with Crippen molar-refractivity contribution in [1.29, 1.82) is 0 Å². The molecule has 0 amide bonds. The van der Waals surface area contributed by atoms with E-state index in [1.807, 2.05) is 81.5 Å². The van der Waals surface area contributed by atoms with Gasteiger partial charge in [-0.2, -0.15) is 0 Å². The lowest BCUT2D eigenvalue weighted by molar-refractivity contribution is 0.405. The molecule has 0 saturated carbocycles. The molecule has 2 aromatic carbocycles. The van der Waals surface area contributed by atoms with Crippen molar-refractivity contribution in [3.8, 4) is 34.3 Å². The molecule has 0 spiro atoms. The van der Waals surface area contributed by atoms with Gasteiger partial charge in [0.05, 0.1) is 11.9 Å². The summed E-state index contributed by atoms with van der Waals surface area (Å²) in [5.74, 6) is 0.770. The normalized spacial score (nSPS) is 13.2. The van der Waals surface area contributed by atoms with Crippen LogP contribution >= 0.6 is 0 Å². The Morgan fingerprint density at radius 3 is 2.34 bits per heavy atom. The molecular weight excluding hydrogens is 462 g/mol. The van der Waals surface area contributed by atoms with Gasteiger partial charge in [0.1, 0.15) is 5.25 Å². The van der Waals surface area contributed by atoms with Crippen molar-refractivity contribution in [2.45, 2.75) is 23.6 Å². The molecule has 4 aromatic rings. The zero-order valence-corrected chi connectivity index (χ0v) is 21.0. The average molecular weight is 492 g/mol. The molecule has 0 saturated heterocycles. The SMILES string of the molecule is CNCc1ccc(-c2nnc(-c3nc(-c4ccc([S+]([O-])C(C)CN(C)C)cc4)cnc3N)o2)cc1. The minimum Gasteiger partial charge on any atom is -0.611 e. The van der Waals surface area contributed by atoms with Crippen molar-refractivity contribution in [3.05, 3.63) is 60.3 Å². The molecule has 2 atom stereocenters. The highest BCUT2D eigenvalue weighted by atomic mass is 32.2. The average Bonchev–Trinajstić information content (AvgIpc) is 3.34. The molecule has 35 heavy (non-hydrogen) atoms. The predicted octanol–water partition coefficient (Wildman–Crippen LogP) is 3.22. The van der Waals surface area contributed by atoms with E-state index < -0.39 is 11.2 Å². The van der Waals surface area contributed by atoms with Crippen LogP contribution in [0.1, 0.15) is 12.5 Å². The number of hydrogen-bond acceptors (Lipinski definition) is 9. The molecule has 3 N–H and O–H groups in total. The highest BCUT2D eigenvalue weighted by Gasteiger charge is 2.21. The second-order valence-electron chi connectivity index (χ2n) is 8.52. The monoisotopic (exact) mass is 491 g/mol. The van der Waals surface area contributed by atoms with E-state index in [-0.39, 0.29) is 17.0 Å². The third-order valence-corrected chi connectivity index (χ3v) is 7.00. The molecule has 0 fully saturated rings. The Hall–Kier alpha value is -3.31. The van der Waals surface area contributed by atoms with Crippen molar-refractivity contribution < 1.29 is 8.97 Å². The van der Waals surface area contributed by atoms with Crippen LogP contribution in [0.25, 0.3) is 34.3 Å². The van der Waals surface area contributed by atoms with Crippen molar-refractivity contribution in [3.63, 3.8) is 0 Å². The number of benzene rings is 2. The molecule has 2 aromatic heterocycles. The third-order valence-electron chi connectivity index (χ3n) is 5.38. The molecular formula is C25H29N7O2S. The van der Waals surface area contributed by atoms with Gasteiger partial charge >= 0.3 is 0 Å². The Kier molecular flexibility index (Phi) is 7.76. The van der Waals surface area contributed by atoms with Gasteiger partial charge in [-0.1, -0.05) is 12.1 Å². The summed E-state index contributed by atoms with van der Waals surface area (Å²) in [6.07, 6.45) is 1.59. The number of nitrogens with one attached hydrogen (secondary N) is 1. The lowest BCUT2D eigenvalue weighted by Gasteiger charge is -2.21. The molecule has 0 aliphatic carbocycles. The zero-order chi connectivity index (χ0) is 24.9. The summed E-state index contributed by atoms with van der Waals surface area (Å²) in [5, 5.41) is 11.4. The Bertz CT molecular complexity index is 1260. The maximum Gasteiger partial charge on any atom is 0.270 e. The Morgan fingerprint density at radius 2 is 1.69 bits per heavy atom. The highest BCUT2D eigenvalue weighted by Crippen LogP contribution is 2.29. The van der Waals surface area contributed by atoms with Crippen LogP contribution < -0.4 is 11.1 Å². The quantitative estimate of drug-likeness (QED) is 0.339. The van der Waals surface area contributed by atoms with E-state index in [4.69, 9.17) is 10.2 Å². The van der Waals surface area contributed by atoms with Gasteiger partial charge in [-0.15, -0.1) is 10.2 Å². The number of hydrogen-bond donors (Lipinski definition) is 2. The summed E-state index contributed by atoms with van der Waals surface area (Å²) in [5.41, 5.74) is 9.78. The molecule has 2 heterocycles. The standard InChI is InChI=1S/C25H29N7O2S/c1-16(15-32(3)4)35(33)20-11-9-18(10-12-20)21-14-28-23(26)22(29-21)25-31-30-24(34-25)19-7-5-17(6-8-19)13-27-2/h5-12,14,16,27H,13,15H2,1-4H3,(H2,26,28). The van der Waals surface area contributed by atoms with E-state index in [2.05, 4.69) is 25.5 Å². The van der Waals surface area contributed by atoms with E-state index in [9.17, 15) is 4.55 Å². The van der Waals surface area contributed by atoms with Gasteiger partial charge in [-0.3, -0.25) is 0 Å². The maximum absolute atomic E-state index is 12.8. The fourth-order valence-electron chi connectivity index (χ4n) is 3.67. The number of anilines is 1. The van der Waals surface area contributed by atoms with Crippen LogP contribution in [0, 0.1) is 0 Å². The number of nitrogens with two attached hydrogens (primary N) is 1. The summed E-state index contributed by atoms with van der Waals surface area (Å²) in [6, 6.07) is 15.3. The maximum atomic E-state index is 12.8. The van der Waals surface area contributed by atoms with Crippen LogP contribution in [-0.2, 0) is 17.7 Å². The first-order valence-electron chi connectivity index (χ1n) is 11.2. The van der Waals surface area contributed by atoms with Crippen LogP contribution in [0.2, 0.25) is 0 Å². The number of nitrogens with zero attached hydrogens (tertiary/aromatic N) is 5. The largest absolute Gasteiger partial charge is 0.611 e. The fourth-order valence-corrected chi connectivity index (χ4v) is 4.98. The number of rotatable bonds is 9. The molecule has 2 unspecified atom stereocenters. The summed E-state index contributed by atoms with van der Waals surface area (Å²) >= 11 is -1.10. The Morgan fingerprint density at radius 1 is 1.03 bits per heavy atom. The van der Waals surface area contributed by atoms with Gasteiger partial charge < -0.3 is 24.9 Å². The van der Waals surface area contributed by atoms with Crippen molar-refractivity contribution in [1.82, 2.24) is 30.4 Å². The van der Waals surface area contributed by atoms with Gasteiger partial charge in [-0.25, -0.2) is 9.97 Å². The van der Waals surface area contributed by atoms with Gasteiger partial charge in [0.15, 0.2) is 16.4 Å². The summed E-state index contributed by atoms with van der Waals surface area (Å²) in [4.78, 5) is 11.7. The van der Waals surface area contributed by atoms with E-state index in [0.29, 0.717) is 17.3 Å². The van der Waals surface area contributed by atoms with E-state index >= 15 is 0 Å². The van der Waals surface area contributed by atoms with Gasteiger partial charge in [-0.05, 0) is 81.2 Å². The van der Waals surface area contributed by atoms with Crippen molar-refractivity contribution in [2.24, 2.45) is 0 Å². The van der Waals surface area contributed by atoms with Gasteiger partial charge in [0.2, 0.25) is 5.89 Å². The molecule has 4 rings (SSSR count). The minimum absolute atomic E-state index is 0.0185. The van der Waals surface area contributed by atoms with Crippen LogP contribution in [-0.4, -0.2) is 62.6 Å². The summed E-state index contributed by atoms with van der Waals surface area (Å²) in [6.45, 7) is 3.50. The first-order chi connectivity index (χ1) is 16.9. The molecule has 182 valence electrons. The van der Waals surface area contributed by atoms with Crippen LogP contribution in [0.5, 0.6) is 0 Å². The lowest BCUT2D eigenvalue weighted by Crippen LogP contribution is -2.30. The number of nitrogen functional groups attached to an aromatic ring is 1.